The lowest BCUT2D eigenvalue weighted by atomic mass is 10.2. The number of halogens is 3. The molecule has 1 aliphatic heterocycles. The quantitative estimate of drug-likeness (QED) is 0.467. The van der Waals surface area contributed by atoms with Crippen LogP contribution in [0.1, 0.15) is 5.56 Å². The number of alkyl halides is 3. The predicted molar refractivity (Wildman–Crippen MR) is 105 cm³/mol. The Bertz CT molecular complexity index is 1040. The number of rotatable bonds is 7. The fraction of sp³-hybridized carbons (Fsp3) is 0.368. The number of benzene rings is 2. The molecule has 1 heterocycles. The van der Waals surface area contributed by atoms with E-state index in [1.54, 1.807) is 12.1 Å². The molecule has 1 fully saturated rings. The molecule has 2 aromatic carbocycles. The smallest absolute Gasteiger partial charge is 0.422 e. The third-order valence-electron chi connectivity index (χ3n) is 4.70. The number of ether oxygens (including phenoxy) is 1. The van der Waals surface area contributed by atoms with Crippen LogP contribution in [-0.4, -0.2) is 61.5 Å². The van der Waals surface area contributed by atoms with E-state index in [0.717, 1.165) is 11.6 Å². The lowest BCUT2D eigenvalue weighted by Crippen LogP contribution is -2.48. The Morgan fingerprint density at radius 3 is 2.35 bits per heavy atom. The third kappa shape index (κ3) is 6.15. The summed E-state index contributed by atoms with van der Waals surface area (Å²) >= 11 is 0. The summed E-state index contributed by atoms with van der Waals surface area (Å²) < 4.78 is 68.6. The molecule has 2 aromatic rings. The van der Waals surface area contributed by atoms with Crippen molar-refractivity contribution in [2.45, 2.75) is 17.6 Å². The van der Waals surface area contributed by atoms with Crippen LogP contribution in [0, 0.1) is 10.1 Å². The lowest BCUT2D eigenvalue weighted by Gasteiger charge is -2.34. The Hall–Kier alpha value is -2.70. The highest BCUT2D eigenvalue weighted by Crippen LogP contribution is 2.23. The zero-order valence-corrected chi connectivity index (χ0v) is 17.1. The molecule has 0 unspecified atom stereocenters. The van der Waals surface area contributed by atoms with E-state index in [2.05, 4.69) is 0 Å². The van der Waals surface area contributed by atoms with E-state index in [-0.39, 0.29) is 29.4 Å². The maximum Gasteiger partial charge on any atom is 0.422 e. The van der Waals surface area contributed by atoms with Gasteiger partial charge in [0.05, 0.1) is 9.82 Å². The van der Waals surface area contributed by atoms with E-state index in [0.29, 0.717) is 19.6 Å². The topological polar surface area (TPSA) is 93.0 Å². The van der Waals surface area contributed by atoms with Crippen LogP contribution in [0.5, 0.6) is 5.75 Å². The second-order valence-corrected chi connectivity index (χ2v) is 8.92. The monoisotopic (exact) mass is 459 g/mol. The summed E-state index contributed by atoms with van der Waals surface area (Å²) in [6.45, 7) is 0.243. The number of hydrogen-bond acceptors (Lipinski definition) is 6. The van der Waals surface area contributed by atoms with Gasteiger partial charge in [0.2, 0.25) is 10.0 Å². The van der Waals surface area contributed by atoms with Crippen molar-refractivity contribution in [3.8, 4) is 5.75 Å². The van der Waals surface area contributed by atoms with Gasteiger partial charge in [-0.3, -0.25) is 15.0 Å². The van der Waals surface area contributed by atoms with Crippen molar-refractivity contribution < 1.29 is 31.2 Å². The van der Waals surface area contributed by atoms with Gasteiger partial charge in [-0.1, -0.05) is 18.2 Å². The van der Waals surface area contributed by atoms with Crippen LogP contribution in [0.4, 0.5) is 18.9 Å². The summed E-state index contributed by atoms with van der Waals surface area (Å²) in [6.07, 6.45) is -4.42. The number of nitro groups is 1. The number of non-ortho nitro benzene ring substituents is 1. The second kappa shape index (κ2) is 9.20. The summed E-state index contributed by atoms with van der Waals surface area (Å²) in [5, 5.41) is 10.9. The highest BCUT2D eigenvalue weighted by atomic mass is 32.2. The Balaban J connectivity index is 1.60. The van der Waals surface area contributed by atoms with E-state index >= 15 is 0 Å². The summed E-state index contributed by atoms with van der Waals surface area (Å²) in [7, 11) is -3.87. The van der Waals surface area contributed by atoms with Crippen LogP contribution in [-0.2, 0) is 16.6 Å². The first kappa shape index (κ1) is 23.0. The molecule has 0 N–H and O–H groups in total. The molecule has 0 amide bonds. The van der Waals surface area contributed by atoms with E-state index in [4.69, 9.17) is 4.74 Å². The Kier molecular flexibility index (Phi) is 6.82. The fourth-order valence-corrected chi connectivity index (χ4v) is 4.65. The van der Waals surface area contributed by atoms with Gasteiger partial charge in [-0.25, -0.2) is 8.42 Å². The van der Waals surface area contributed by atoms with Crippen LogP contribution in [0.15, 0.2) is 53.4 Å². The minimum absolute atomic E-state index is 0.113. The first-order valence-corrected chi connectivity index (χ1v) is 10.7. The Morgan fingerprint density at radius 1 is 1.03 bits per heavy atom. The van der Waals surface area contributed by atoms with Crippen molar-refractivity contribution in [3.63, 3.8) is 0 Å². The van der Waals surface area contributed by atoms with Gasteiger partial charge in [0.25, 0.3) is 5.69 Å². The normalized spacial score (nSPS) is 16.2. The molecule has 8 nitrogen and oxygen atoms in total. The SMILES string of the molecule is O=[N+]([O-])c1cccc(S(=O)(=O)N2CCN(Cc3cccc(OCC(F)(F)F)c3)CC2)c1. The predicted octanol–water partition coefficient (Wildman–Crippen LogP) is 3.04. The van der Waals surface area contributed by atoms with Crippen molar-refractivity contribution in [2.75, 3.05) is 32.8 Å². The van der Waals surface area contributed by atoms with Crippen molar-refractivity contribution in [1.82, 2.24) is 9.21 Å². The molecular weight excluding hydrogens is 439 g/mol. The fourth-order valence-electron chi connectivity index (χ4n) is 3.19. The lowest BCUT2D eigenvalue weighted by molar-refractivity contribution is -0.385. The molecule has 1 saturated heterocycles. The molecule has 0 aliphatic carbocycles. The second-order valence-electron chi connectivity index (χ2n) is 6.99. The van der Waals surface area contributed by atoms with Crippen LogP contribution >= 0.6 is 0 Å². The van der Waals surface area contributed by atoms with E-state index in [9.17, 15) is 31.7 Å². The van der Waals surface area contributed by atoms with E-state index in [1.165, 1.54) is 34.6 Å². The maximum atomic E-state index is 12.8. The van der Waals surface area contributed by atoms with E-state index < -0.39 is 27.7 Å². The molecule has 3 rings (SSSR count). The van der Waals surface area contributed by atoms with Crippen molar-refractivity contribution in [2.24, 2.45) is 0 Å². The highest BCUT2D eigenvalue weighted by Gasteiger charge is 2.30. The number of piperazine rings is 1. The molecule has 0 saturated carbocycles. The third-order valence-corrected chi connectivity index (χ3v) is 6.60. The molecule has 0 spiro atoms. The average Bonchev–Trinajstić information content (AvgIpc) is 2.72. The molecule has 0 radical (unpaired) electrons. The summed E-state index contributed by atoms with van der Waals surface area (Å²) in [5.41, 5.74) is 0.446. The van der Waals surface area contributed by atoms with Crippen molar-refractivity contribution >= 4 is 15.7 Å². The number of hydrogen-bond donors (Lipinski definition) is 0. The summed E-state index contributed by atoms with van der Waals surface area (Å²) in [5.74, 6) is 0.113. The first-order valence-electron chi connectivity index (χ1n) is 9.30. The molecule has 0 bridgehead atoms. The van der Waals surface area contributed by atoms with E-state index in [1.807, 2.05) is 4.90 Å². The number of sulfonamides is 1. The maximum absolute atomic E-state index is 12.8. The Morgan fingerprint density at radius 2 is 1.71 bits per heavy atom. The van der Waals surface area contributed by atoms with Gasteiger partial charge < -0.3 is 4.74 Å². The molecule has 0 aromatic heterocycles. The minimum atomic E-state index is -4.42. The van der Waals surface area contributed by atoms with Gasteiger partial charge in [-0.2, -0.15) is 17.5 Å². The largest absolute Gasteiger partial charge is 0.484 e. The van der Waals surface area contributed by atoms with Gasteiger partial charge >= 0.3 is 6.18 Å². The van der Waals surface area contributed by atoms with Crippen LogP contribution in [0.3, 0.4) is 0 Å². The van der Waals surface area contributed by atoms with Gasteiger partial charge in [-0.15, -0.1) is 0 Å². The Labute approximate surface area is 177 Å². The molecule has 1 aliphatic rings. The zero-order valence-electron chi connectivity index (χ0n) is 16.3. The van der Waals surface area contributed by atoms with Crippen LogP contribution in [0.25, 0.3) is 0 Å². The highest BCUT2D eigenvalue weighted by molar-refractivity contribution is 7.89. The summed E-state index contributed by atoms with van der Waals surface area (Å²) in [4.78, 5) is 12.1. The van der Waals surface area contributed by atoms with Gasteiger partial charge in [0.15, 0.2) is 6.61 Å². The molecule has 168 valence electrons. The van der Waals surface area contributed by atoms with Crippen LogP contribution < -0.4 is 4.74 Å². The van der Waals surface area contributed by atoms with Crippen LogP contribution in [0.2, 0.25) is 0 Å². The van der Waals surface area contributed by atoms with Gasteiger partial charge in [0.1, 0.15) is 5.75 Å². The number of nitrogens with zero attached hydrogens (tertiary/aromatic N) is 3. The minimum Gasteiger partial charge on any atom is -0.484 e. The molecule has 0 atom stereocenters. The van der Waals surface area contributed by atoms with Gasteiger partial charge in [0, 0.05) is 44.9 Å². The van der Waals surface area contributed by atoms with Crippen molar-refractivity contribution in [3.05, 3.63) is 64.2 Å². The molecule has 31 heavy (non-hydrogen) atoms. The number of nitro benzene ring substituents is 1. The first-order chi connectivity index (χ1) is 14.5. The molecular formula is C19H20F3N3O5S. The standard InChI is InChI=1S/C19H20F3N3O5S/c20-19(21,22)14-30-17-5-1-3-15(11-17)13-23-7-9-24(10-8-23)31(28,29)18-6-2-4-16(12-18)25(26)27/h1-6,11-12H,7-10,13-14H2. The molecule has 12 heteroatoms. The average molecular weight is 459 g/mol. The van der Waals surface area contributed by atoms with Gasteiger partial charge in [-0.05, 0) is 23.8 Å². The summed E-state index contributed by atoms with van der Waals surface area (Å²) in [6, 6.07) is 11.2. The zero-order chi connectivity index (χ0) is 22.6. The van der Waals surface area contributed by atoms with Crippen molar-refractivity contribution in [1.29, 1.82) is 0 Å².